The first-order valence-corrected chi connectivity index (χ1v) is 5.54. The summed E-state index contributed by atoms with van der Waals surface area (Å²) in [4.78, 5) is 0. The van der Waals surface area contributed by atoms with Crippen LogP contribution in [0.3, 0.4) is 0 Å². The summed E-state index contributed by atoms with van der Waals surface area (Å²) >= 11 is 3.47. The zero-order valence-corrected chi connectivity index (χ0v) is 10.3. The average molecular weight is 252 g/mol. The molecular formula is C12H14BrN. The molecule has 0 bridgehead atoms. The summed E-state index contributed by atoms with van der Waals surface area (Å²) in [5.41, 5.74) is 2.36. The smallest absolute Gasteiger partial charge is 0.0700 e. The van der Waals surface area contributed by atoms with E-state index in [0.717, 1.165) is 10.0 Å². The van der Waals surface area contributed by atoms with Crippen LogP contribution in [-0.2, 0) is 0 Å². The van der Waals surface area contributed by atoms with Crippen molar-refractivity contribution in [3.05, 3.63) is 33.8 Å². The van der Waals surface area contributed by atoms with Crippen molar-refractivity contribution in [2.45, 2.75) is 32.6 Å². The van der Waals surface area contributed by atoms with Crippen LogP contribution in [0.1, 0.15) is 43.7 Å². The second-order valence-electron chi connectivity index (χ2n) is 3.82. The Hall–Kier alpha value is -0.810. The number of nitrogens with zero attached hydrogens (tertiary/aromatic N) is 1. The molecule has 1 nitrogen and oxygen atoms in total. The molecule has 1 rings (SSSR count). The highest BCUT2D eigenvalue weighted by Crippen LogP contribution is 2.25. The topological polar surface area (TPSA) is 23.8 Å². The van der Waals surface area contributed by atoms with E-state index in [2.05, 4.69) is 48.0 Å². The second kappa shape index (κ2) is 4.61. The van der Waals surface area contributed by atoms with Gasteiger partial charge < -0.3 is 0 Å². The van der Waals surface area contributed by atoms with Crippen molar-refractivity contribution in [1.82, 2.24) is 0 Å². The van der Waals surface area contributed by atoms with E-state index in [0.29, 0.717) is 5.92 Å². The highest BCUT2D eigenvalue weighted by Gasteiger charge is 2.08. The fourth-order valence-corrected chi connectivity index (χ4v) is 1.82. The number of halogens is 1. The fraction of sp³-hybridized carbons (Fsp3) is 0.417. The van der Waals surface area contributed by atoms with Gasteiger partial charge in [-0.05, 0) is 36.1 Å². The molecular weight excluding hydrogens is 238 g/mol. The van der Waals surface area contributed by atoms with Crippen molar-refractivity contribution in [3.63, 3.8) is 0 Å². The summed E-state index contributed by atoms with van der Waals surface area (Å²) in [6, 6.07) is 8.49. The Balaban J connectivity index is 3.15. The van der Waals surface area contributed by atoms with Crippen LogP contribution >= 0.6 is 15.9 Å². The van der Waals surface area contributed by atoms with E-state index in [-0.39, 0.29) is 5.92 Å². The maximum absolute atomic E-state index is 8.84. The molecule has 0 spiro atoms. The van der Waals surface area contributed by atoms with Gasteiger partial charge in [-0.15, -0.1) is 0 Å². The highest BCUT2D eigenvalue weighted by atomic mass is 79.9. The Morgan fingerprint density at radius 3 is 2.21 bits per heavy atom. The molecule has 0 amide bonds. The lowest BCUT2D eigenvalue weighted by molar-refractivity contribution is 0.856. The predicted molar refractivity (Wildman–Crippen MR) is 62.3 cm³/mol. The van der Waals surface area contributed by atoms with Gasteiger partial charge in [0.2, 0.25) is 0 Å². The summed E-state index contributed by atoms with van der Waals surface area (Å²) in [7, 11) is 0. The van der Waals surface area contributed by atoms with E-state index in [1.54, 1.807) is 0 Å². The van der Waals surface area contributed by atoms with Crippen LogP contribution in [-0.4, -0.2) is 0 Å². The molecule has 0 aliphatic heterocycles. The summed E-state index contributed by atoms with van der Waals surface area (Å²) in [5.74, 6) is 0.460. The molecule has 2 heteroatoms. The fourth-order valence-electron chi connectivity index (χ4n) is 1.29. The van der Waals surface area contributed by atoms with Gasteiger partial charge in [-0.2, -0.15) is 5.26 Å². The average Bonchev–Trinajstić information content (AvgIpc) is 2.15. The lowest BCUT2D eigenvalue weighted by Crippen LogP contribution is -1.94. The van der Waals surface area contributed by atoms with Crippen molar-refractivity contribution >= 4 is 15.9 Å². The highest BCUT2D eigenvalue weighted by molar-refractivity contribution is 9.10. The molecule has 1 aromatic rings. The number of benzene rings is 1. The van der Waals surface area contributed by atoms with Crippen LogP contribution in [0.15, 0.2) is 22.7 Å². The summed E-state index contributed by atoms with van der Waals surface area (Å²) < 4.78 is 1.06. The Labute approximate surface area is 93.9 Å². The van der Waals surface area contributed by atoms with Gasteiger partial charge >= 0.3 is 0 Å². The summed E-state index contributed by atoms with van der Waals surface area (Å²) in [6.45, 7) is 6.23. The Bertz CT molecular complexity index is 363. The van der Waals surface area contributed by atoms with Gasteiger partial charge in [-0.25, -0.2) is 0 Å². The SMILES string of the molecule is CC(C)c1cc(Br)cc(C(C)C#N)c1. The minimum atomic E-state index is -0.0370. The van der Waals surface area contributed by atoms with Crippen molar-refractivity contribution in [1.29, 1.82) is 5.26 Å². The molecule has 1 aromatic carbocycles. The van der Waals surface area contributed by atoms with E-state index in [1.807, 2.05) is 13.0 Å². The first-order valence-electron chi connectivity index (χ1n) is 4.74. The minimum absolute atomic E-state index is 0.0370. The molecule has 0 saturated carbocycles. The van der Waals surface area contributed by atoms with Crippen molar-refractivity contribution in [2.24, 2.45) is 0 Å². The van der Waals surface area contributed by atoms with Gasteiger partial charge in [0.05, 0.1) is 12.0 Å². The second-order valence-corrected chi connectivity index (χ2v) is 4.74. The minimum Gasteiger partial charge on any atom is -0.198 e. The maximum Gasteiger partial charge on any atom is 0.0700 e. The molecule has 0 N–H and O–H groups in total. The number of hydrogen-bond acceptors (Lipinski definition) is 1. The zero-order valence-electron chi connectivity index (χ0n) is 8.71. The molecule has 0 aliphatic carbocycles. The van der Waals surface area contributed by atoms with Crippen LogP contribution in [0.2, 0.25) is 0 Å². The van der Waals surface area contributed by atoms with Crippen molar-refractivity contribution in [2.75, 3.05) is 0 Å². The van der Waals surface area contributed by atoms with E-state index < -0.39 is 0 Å². The Morgan fingerprint density at radius 1 is 1.14 bits per heavy atom. The van der Waals surface area contributed by atoms with Gasteiger partial charge in [-0.3, -0.25) is 0 Å². The molecule has 0 aromatic heterocycles. The van der Waals surface area contributed by atoms with Crippen LogP contribution < -0.4 is 0 Å². The molecule has 14 heavy (non-hydrogen) atoms. The van der Waals surface area contributed by atoms with Crippen LogP contribution in [0, 0.1) is 11.3 Å². The summed E-state index contributed by atoms with van der Waals surface area (Å²) in [6.07, 6.45) is 0. The molecule has 0 fully saturated rings. The number of rotatable bonds is 2. The molecule has 1 atom stereocenters. The standard InChI is InChI=1S/C12H14BrN/c1-8(2)10-4-11(9(3)7-14)6-12(13)5-10/h4-6,8-9H,1-3H3. The largest absolute Gasteiger partial charge is 0.198 e. The van der Waals surface area contributed by atoms with E-state index in [1.165, 1.54) is 5.56 Å². The third kappa shape index (κ3) is 2.59. The normalized spacial score (nSPS) is 12.6. The first kappa shape index (κ1) is 11.3. The molecule has 0 radical (unpaired) electrons. The van der Waals surface area contributed by atoms with Gasteiger partial charge in [0, 0.05) is 4.47 Å². The lowest BCUT2D eigenvalue weighted by Gasteiger charge is -2.10. The number of nitriles is 1. The van der Waals surface area contributed by atoms with Gasteiger partial charge in [0.25, 0.3) is 0 Å². The third-order valence-corrected chi connectivity index (χ3v) is 2.76. The van der Waals surface area contributed by atoms with Gasteiger partial charge in [-0.1, -0.05) is 35.8 Å². The Morgan fingerprint density at radius 2 is 1.71 bits per heavy atom. The third-order valence-electron chi connectivity index (χ3n) is 2.30. The van der Waals surface area contributed by atoms with Crippen molar-refractivity contribution < 1.29 is 0 Å². The quantitative estimate of drug-likeness (QED) is 0.773. The molecule has 0 heterocycles. The van der Waals surface area contributed by atoms with Crippen molar-refractivity contribution in [3.8, 4) is 6.07 Å². The zero-order chi connectivity index (χ0) is 10.7. The summed E-state index contributed by atoms with van der Waals surface area (Å²) in [5, 5.41) is 8.84. The maximum atomic E-state index is 8.84. The van der Waals surface area contributed by atoms with Crippen LogP contribution in [0.4, 0.5) is 0 Å². The molecule has 0 saturated heterocycles. The Kier molecular flexibility index (Phi) is 3.71. The molecule has 74 valence electrons. The number of hydrogen-bond donors (Lipinski definition) is 0. The molecule has 1 unspecified atom stereocenters. The van der Waals surface area contributed by atoms with Gasteiger partial charge in [0.15, 0.2) is 0 Å². The van der Waals surface area contributed by atoms with Crippen LogP contribution in [0.5, 0.6) is 0 Å². The van der Waals surface area contributed by atoms with E-state index in [4.69, 9.17) is 5.26 Å². The first-order chi connectivity index (χ1) is 6.54. The predicted octanol–water partition coefficient (Wildman–Crippen LogP) is 4.20. The van der Waals surface area contributed by atoms with Gasteiger partial charge in [0.1, 0.15) is 0 Å². The van der Waals surface area contributed by atoms with E-state index in [9.17, 15) is 0 Å². The molecule has 0 aliphatic rings. The van der Waals surface area contributed by atoms with E-state index >= 15 is 0 Å². The monoisotopic (exact) mass is 251 g/mol. The van der Waals surface area contributed by atoms with Crippen LogP contribution in [0.25, 0.3) is 0 Å². The lowest BCUT2D eigenvalue weighted by atomic mass is 9.96.